The minimum Gasteiger partial charge on any atom is -0.118 e. The van der Waals surface area contributed by atoms with Gasteiger partial charge in [-0.15, -0.1) is 17.3 Å². The maximum atomic E-state index is 3.56. The van der Waals surface area contributed by atoms with E-state index in [9.17, 15) is 0 Å². The van der Waals surface area contributed by atoms with E-state index < -0.39 is 0 Å². The molecule has 0 aliphatic rings. The van der Waals surface area contributed by atoms with Crippen LogP contribution in [0.15, 0.2) is 36.9 Å². The molecule has 0 fully saturated rings. The van der Waals surface area contributed by atoms with E-state index in [1.54, 1.807) is 23.5 Å². The van der Waals surface area contributed by atoms with Crippen LogP contribution in [0.3, 0.4) is 0 Å². The molecule has 1 aromatic heterocycles. The van der Waals surface area contributed by atoms with Gasteiger partial charge in [0.05, 0.1) is 9.75 Å². The van der Waals surface area contributed by atoms with Crippen LogP contribution in [0.25, 0.3) is 0 Å². The maximum Gasteiger partial charge on any atom is 0.0785 e. The zero-order valence-corrected chi connectivity index (χ0v) is 8.82. The summed E-state index contributed by atoms with van der Waals surface area (Å²) >= 11 is 1.61. The van der Waals surface area contributed by atoms with E-state index in [1.165, 1.54) is 0 Å². The summed E-state index contributed by atoms with van der Waals surface area (Å²) in [6, 6.07) is 3.97. The molecule has 1 rings (SSSR count). The molecule has 14 heavy (non-hydrogen) atoms. The second kappa shape index (κ2) is 5.86. The lowest BCUT2D eigenvalue weighted by Crippen LogP contribution is -1.58. The smallest absolute Gasteiger partial charge is 0.0785 e. The zero-order valence-electron chi connectivity index (χ0n) is 8.00. The Labute approximate surface area is 89.0 Å². The van der Waals surface area contributed by atoms with Gasteiger partial charge in [-0.25, -0.2) is 0 Å². The summed E-state index contributed by atoms with van der Waals surface area (Å²) in [5, 5.41) is 0. The van der Waals surface area contributed by atoms with Gasteiger partial charge in [0, 0.05) is 0 Å². The van der Waals surface area contributed by atoms with E-state index in [0.717, 1.165) is 9.75 Å². The van der Waals surface area contributed by atoms with E-state index in [4.69, 9.17) is 0 Å². The van der Waals surface area contributed by atoms with Crippen molar-refractivity contribution in [3.63, 3.8) is 0 Å². The summed E-state index contributed by atoms with van der Waals surface area (Å²) in [4.78, 5) is 2.10. The summed E-state index contributed by atoms with van der Waals surface area (Å²) in [6.07, 6.45) is 5.29. The zero-order chi connectivity index (χ0) is 10.2. The maximum absolute atomic E-state index is 3.56. The highest BCUT2D eigenvalue weighted by Crippen LogP contribution is 2.13. The highest BCUT2D eigenvalue weighted by Gasteiger charge is 1.91. The van der Waals surface area contributed by atoms with Crippen molar-refractivity contribution in [2.24, 2.45) is 0 Å². The molecule has 0 amide bonds. The number of rotatable bonds is 1. The highest BCUT2D eigenvalue weighted by atomic mass is 32.1. The molecule has 0 saturated heterocycles. The first-order valence-corrected chi connectivity index (χ1v) is 5.00. The van der Waals surface area contributed by atoms with Gasteiger partial charge in [-0.2, -0.15) is 0 Å². The first-order chi connectivity index (χ1) is 6.86. The molecular weight excluding hydrogens is 188 g/mol. The predicted octanol–water partition coefficient (Wildman–Crippen LogP) is 3.21. The lowest BCUT2D eigenvalue weighted by molar-refractivity contribution is 1.86. The molecule has 68 valence electrons. The molecule has 0 N–H and O–H groups in total. The average molecular weight is 198 g/mol. The fraction of sp³-hybridized carbons (Fsp3) is 0.0769. The van der Waals surface area contributed by atoms with Gasteiger partial charge in [0.25, 0.3) is 0 Å². The van der Waals surface area contributed by atoms with Gasteiger partial charge in [0.15, 0.2) is 0 Å². The van der Waals surface area contributed by atoms with E-state index in [0.29, 0.717) is 0 Å². The van der Waals surface area contributed by atoms with Gasteiger partial charge in [-0.3, -0.25) is 0 Å². The molecule has 0 unspecified atom stereocenters. The summed E-state index contributed by atoms with van der Waals surface area (Å²) in [5.74, 6) is 11.8. The fourth-order valence-electron chi connectivity index (χ4n) is 0.824. The second-order valence-corrected chi connectivity index (χ2v) is 3.49. The van der Waals surface area contributed by atoms with Crippen LogP contribution < -0.4 is 0 Å². The fourth-order valence-corrected chi connectivity index (χ4v) is 1.60. The Morgan fingerprint density at radius 3 is 2.64 bits per heavy atom. The van der Waals surface area contributed by atoms with E-state index in [-0.39, 0.29) is 0 Å². The second-order valence-electron chi connectivity index (χ2n) is 2.40. The van der Waals surface area contributed by atoms with Crippen LogP contribution in [-0.2, 0) is 0 Å². The van der Waals surface area contributed by atoms with E-state index >= 15 is 0 Å². The van der Waals surface area contributed by atoms with Gasteiger partial charge in [-0.1, -0.05) is 36.5 Å². The van der Waals surface area contributed by atoms with Crippen molar-refractivity contribution in [3.05, 3.63) is 46.7 Å². The molecule has 0 saturated carbocycles. The summed E-state index contributed by atoms with van der Waals surface area (Å²) in [6.45, 7) is 5.39. The van der Waals surface area contributed by atoms with Crippen LogP contribution in [0.1, 0.15) is 16.7 Å². The molecule has 1 heterocycles. The predicted molar refractivity (Wildman–Crippen MR) is 63.1 cm³/mol. The van der Waals surface area contributed by atoms with Crippen molar-refractivity contribution in [2.75, 3.05) is 0 Å². The van der Waals surface area contributed by atoms with Crippen molar-refractivity contribution in [1.29, 1.82) is 0 Å². The standard InChI is InChI=1S/C13H10S/c1-3-5-6-7-9-13-11-10-12(14-13)8-4-2/h3,5-6,10-11H,1H2,2H3/b6-5+. The quantitative estimate of drug-likeness (QED) is 0.480. The first kappa shape index (κ1) is 10.4. The van der Waals surface area contributed by atoms with Crippen LogP contribution in [0, 0.1) is 23.7 Å². The van der Waals surface area contributed by atoms with Crippen molar-refractivity contribution >= 4 is 11.3 Å². The van der Waals surface area contributed by atoms with E-state index in [2.05, 4.69) is 30.3 Å². The topological polar surface area (TPSA) is 0 Å². The Balaban J connectivity index is 2.74. The van der Waals surface area contributed by atoms with Gasteiger partial charge < -0.3 is 0 Å². The van der Waals surface area contributed by atoms with E-state index in [1.807, 2.05) is 25.1 Å². The lowest BCUT2D eigenvalue weighted by atomic mass is 10.4. The Kier molecular flexibility index (Phi) is 4.35. The molecule has 0 bridgehead atoms. The third kappa shape index (κ3) is 3.35. The molecule has 0 nitrogen and oxygen atoms in total. The first-order valence-electron chi connectivity index (χ1n) is 4.18. The summed E-state index contributed by atoms with van der Waals surface area (Å²) < 4.78 is 0. The minimum absolute atomic E-state index is 1.04. The van der Waals surface area contributed by atoms with Crippen LogP contribution in [0.5, 0.6) is 0 Å². The van der Waals surface area contributed by atoms with Crippen LogP contribution in [0.4, 0.5) is 0 Å². The molecule has 0 spiro atoms. The SMILES string of the molecule is C=C/C=C/C#Cc1ccc(C#CC)s1. The molecule has 0 atom stereocenters. The third-order valence-electron chi connectivity index (χ3n) is 1.37. The summed E-state index contributed by atoms with van der Waals surface area (Å²) in [7, 11) is 0. The van der Waals surface area contributed by atoms with Crippen molar-refractivity contribution in [2.45, 2.75) is 6.92 Å². The van der Waals surface area contributed by atoms with Crippen LogP contribution in [-0.4, -0.2) is 0 Å². The normalized spacial score (nSPS) is 8.64. The molecule has 1 heteroatoms. The molecule has 1 aromatic rings. The number of thiophene rings is 1. The van der Waals surface area contributed by atoms with Crippen molar-refractivity contribution in [1.82, 2.24) is 0 Å². The Morgan fingerprint density at radius 2 is 2.00 bits per heavy atom. The lowest BCUT2D eigenvalue weighted by Gasteiger charge is -1.75. The number of hydrogen-bond donors (Lipinski definition) is 0. The van der Waals surface area contributed by atoms with Gasteiger partial charge in [0.1, 0.15) is 0 Å². The van der Waals surface area contributed by atoms with Gasteiger partial charge in [0.2, 0.25) is 0 Å². The largest absolute Gasteiger partial charge is 0.118 e. The molecule has 0 aliphatic heterocycles. The Hall–Kier alpha value is -1.70. The summed E-state index contributed by atoms with van der Waals surface area (Å²) in [5.41, 5.74) is 0. The molecule has 0 radical (unpaired) electrons. The Bertz CT molecular complexity index is 453. The van der Waals surface area contributed by atoms with Gasteiger partial charge in [-0.05, 0) is 25.1 Å². The number of hydrogen-bond acceptors (Lipinski definition) is 1. The van der Waals surface area contributed by atoms with Gasteiger partial charge >= 0.3 is 0 Å². The van der Waals surface area contributed by atoms with Crippen molar-refractivity contribution in [3.8, 4) is 23.7 Å². The molecule has 0 aromatic carbocycles. The minimum atomic E-state index is 1.04. The van der Waals surface area contributed by atoms with Crippen molar-refractivity contribution < 1.29 is 0 Å². The molecular formula is C13H10S. The average Bonchev–Trinajstić information content (AvgIpc) is 2.61. The molecule has 0 aliphatic carbocycles. The third-order valence-corrected chi connectivity index (χ3v) is 2.28. The van der Waals surface area contributed by atoms with Crippen LogP contribution >= 0.6 is 11.3 Å². The monoisotopic (exact) mass is 198 g/mol. The Morgan fingerprint density at radius 1 is 1.29 bits per heavy atom. The van der Waals surface area contributed by atoms with Crippen LogP contribution in [0.2, 0.25) is 0 Å². The number of allylic oxidation sites excluding steroid dienone is 3. The highest BCUT2D eigenvalue weighted by molar-refractivity contribution is 7.13.